The van der Waals surface area contributed by atoms with Crippen LogP contribution >= 0.6 is 23.5 Å². The molecule has 1 unspecified atom stereocenters. The average molecular weight is 406 g/mol. The molecule has 0 spiro atoms. The van der Waals surface area contributed by atoms with E-state index < -0.39 is 0 Å². The van der Waals surface area contributed by atoms with Crippen LogP contribution in [0, 0.1) is 5.92 Å². The largest absolute Gasteiger partial charge is 0.423 e. The van der Waals surface area contributed by atoms with Crippen LogP contribution in [0.5, 0.6) is 0 Å². The summed E-state index contributed by atoms with van der Waals surface area (Å²) >= 11 is 3.16. The van der Waals surface area contributed by atoms with E-state index in [1.807, 2.05) is 26.0 Å². The first-order valence-electron chi connectivity index (χ1n) is 9.70. The first kappa shape index (κ1) is 20.3. The highest BCUT2D eigenvalue weighted by Crippen LogP contribution is 2.32. The van der Waals surface area contributed by atoms with E-state index >= 15 is 0 Å². The third-order valence-electron chi connectivity index (χ3n) is 4.96. The van der Waals surface area contributed by atoms with Crippen molar-refractivity contribution in [2.24, 2.45) is 5.92 Å². The Morgan fingerprint density at radius 1 is 1.22 bits per heavy atom. The van der Waals surface area contributed by atoms with Crippen LogP contribution in [0.1, 0.15) is 39.5 Å². The molecule has 27 heavy (non-hydrogen) atoms. The summed E-state index contributed by atoms with van der Waals surface area (Å²) in [5, 5.41) is 1.32. The Morgan fingerprint density at radius 2 is 2.00 bits per heavy atom. The second-order valence-corrected chi connectivity index (χ2v) is 9.22. The highest BCUT2D eigenvalue weighted by atomic mass is 32.2. The Morgan fingerprint density at radius 3 is 2.70 bits per heavy atom. The van der Waals surface area contributed by atoms with E-state index in [1.165, 1.54) is 23.9 Å². The number of benzene rings is 1. The van der Waals surface area contributed by atoms with Gasteiger partial charge in [-0.2, -0.15) is 0 Å². The van der Waals surface area contributed by atoms with E-state index in [0.29, 0.717) is 10.7 Å². The van der Waals surface area contributed by atoms with E-state index in [2.05, 4.69) is 11.0 Å². The maximum Gasteiger partial charge on any atom is 0.337 e. The molecule has 1 aromatic heterocycles. The zero-order valence-electron chi connectivity index (χ0n) is 16.0. The molecular formula is C21H27NO3S2. The SMILES string of the molecule is CCC(C)C(=O)SCCCCSc1cc(=O)oc2ccc(N3CCC3)cc12. The molecule has 0 radical (unpaired) electrons. The van der Waals surface area contributed by atoms with Gasteiger partial charge < -0.3 is 9.32 Å². The minimum Gasteiger partial charge on any atom is -0.423 e. The van der Waals surface area contributed by atoms with Crippen molar-refractivity contribution in [2.75, 3.05) is 29.5 Å². The number of thioether (sulfide) groups is 2. The Hall–Kier alpha value is -1.40. The molecule has 0 saturated carbocycles. The quantitative estimate of drug-likeness (QED) is 0.325. The fourth-order valence-corrected chi connectivity index (χ4v) is 4.94. The predicted molar refractivity (Wildman–Crippen MR) is 116 cm³/mol. The Kier molecular flexibility index (Phi) is 7.30. The molecule has 2 aromatic rings. The lowest BCUT2D eigenvalue weighted by molar-refractivity contribution is -0.113. The normalized spacial score (nSPS) is 15.0. The van der Waals surface area contributed by atoms with E-state index in [4.69, 9.17) is 4.42 Å². The molecule has 3 rings (SSSR count). The van der Waals surface area contributed by atoms with Gasteiger partial charge in [-0.3, -0.25) is 4.79 Å². The fourth-order valence-electron chi connectivity index (χ4n) is 2.88. The lowest BCUT2D eigenvalue weighted by Crippen LogP contribution is -2.36. The number of anilines is 1. The van der Waals surface area contributed by atoms with Crippen molar-refractivity contribution in [3.8, 4) is 0 Å². The first-order valence-corrected chi connectivity index (χ1v) is 11.7. The smallest absolute Gasteiger partial charge is 0.337 e. The van der Waals surface area contributed by atoms with Gasteiger partial charge in [0.15, 0.2) is 5.12 Å². The van der Waals surface area contributed by atoms with Crippen LogP contribution in [0.4, 0.5) is 5.69 Å². The number of rotatable bonds is 9. The number of carbonyl (C=O) groups excluding carboxylic acids is 1. The Balaban J connectivity index is 1.56. The van der Waals surface area contributed by atoms with Crippen LogP contribution in [0.25, 0.3) is 11.0 Å². The molecule has 0 aliphatic carbocycles. The molecule has 6 heteroatoms. The molecule has 0 amide bonds. The van der Waals surface area contributed by atoms with Crippen LogP contribution in [-0.4, -0.2) is 29.7 Å². The molecule has 1 aliphatic rings. The summed E-state index contributed by atoms with van der Waals surface area (Å²) in [6, 6.07) is 7.69. The second kappa shape index (κ2) is 9.69. The van der Waals surface area contributed by atoms with Gasteiger partial charge in [0.1, 0.15) is 5.58 Å². The van der Waals surface area contributed by atoms with Gasteiger partial charge in [0.25, 0.3) is 0 Å². The zero-order valence-corrected chi connectivity index (χ0v) is 17.7. The molecule has 0 bridgehead atoms. The van der Waals surface area contributed by atoms with Gasteiger partial charge in [-0.1, -0.05) is 25.6 Å². The minimum absolute atomic E-state index is 0.153. The van der Waals surface area contributed by atoms with Crippen molar-refractivity contribution in [2.45, 2.75) is 44.4 Å². The third kappa shape index (κ3) is 5.32. The van der Waals surface area contributed by atoms with Crippen LogP contribution in [0.2, 0.25) is 0 Å². The number of unbranched alkanes of at least 4 members (excludes halogenated alkanes) is 1. The molecule has 2 heterocycles. The van der Waals surface area contributed by atoms with Crippen LogP contribution in [0.15, 0.2) is 38.4 Å². The fraction of sp³-hybridized carbons (Fsp3) is 0.524. The van der Waals surface area contributed by atoms with Gasteiger partial charge >= 0.3 is 5.63 Å². The predicted octanol–water partition coefficient (Wildman–Crippen LogP) is 5.18. The summed E-state index contributed by atoms with van der Waals surface area (Å²) in [7, 11) is 0. The Bertz CT molecular complexity index is 845. The average Bonchev–Trinajstić information content (AvgIpc) is 2.62. The summed E-state index contributed by atoms with van der Waals surface area (Å²) in [6.45, 7) is 6.23. The second-order valence-electron chi connectivity index (χ2n) is 6.98. The van der Waals surface area contributed by atoms with Gasteiger partial charge in [-0.05, 0) is 49.6 Å². The molecule has 4 nitrogen and oxygen atoms in total. The van der Waals surface area contributed by atoms with Crippen molar-refractivity contribution >= 4 is 45.3 Å². The van der Waals surface area contributed by atoms with Gasteiger partial charge in [0.2, 0.25) is 0 Å². The topological polar surface area (TPSA) is 50.5 Å². The minimum atomic E-state index is -0.295. The third-order valence-corrected chi connectivity index (χ3v) is 7.29. The van der Waals surface area contributed by atoms with Crippen LogP contribution in [-0.2, 0) is 4.79 Å². The van der Waals surface area contributed by atoms with Crippen molar-refractivity contribution in [3.05, 3.63) is 34.7 Å². The molecule has 0 N–H and O–H groups in total. The zero-order chi connectivity index (χ0) is 19.2. The lowest BCUT2D eigenvalue weighted by Gasteiger charge is -2.33. The summed E-state index contributed by atoms with van der Waals surface area (Å²) in [5.41, 5.74) is 1.56. The van der Waals surface area contributed by atoms with Gasteiger partial charge in [-0.25, -0.2) is 4.79 Å². The molecule has 1 fully saturated rings. The van der Waals surface area contributed by atoms with Crippen molar-refractivity contribution in [3.63, 3.8) is 0 Å². The van der Waals surface area contributed by atoms with Crippen molar-refractivity contribution in [1.82, 2.24) is 0 Å². The van der Waals surface area contributed by atoms with E-state index in [1.54, 1.807) is 17.8 Å². The number of fused-ring (bicyclic) bond motifs is 1. The molecule has 146 valence electrons. The standard InChI is InChI=1S/C21H27NO3S2/c1-3-15(2)21(24)27-12-5-4-11-26-19-14-20(23)25-18-8-7-16(13-17(18)19)22-9-6-10-22/h7-8,13-15H,3-6,9-12H2,1-2H3. The summed E-state index contributed by atoms with van der Waals surface area (Å²) in [6.07, 6.45) is 4.18. The maximum atomic E-state index is 11.9. The summed E-state index contributed by atoms with van der Waals surface area (Å²) in [4.78, 5) is 27.0. The monoisotopic (exact) mass is 405 g/mol. The van der Waals surface area contributed by atoms with Gasteiger partial charge in [0.05, 0.1) is 0 Å². The molecule has 1 saturated heterocycles. The summed E-state index contributed by atoms with van der Waals surface area (Å²) in [5.74, 6) is 1.96. The van der Waals surface area contributed by atoms with E-state index in [9.17, 15) is 9.59 Å². The van der Waals surface area contributed by atoms with Crippen molar-refractivity contribution < 1.29 is 9.21 Å². The number of carbonyl (C=O) groups is 1. The number of nitrogens with zero attached hydrogens (tertiary/aromatic N) is 1. The van der Waals surface area contributed by atoms with Gasteiger partial charge in [0, 0.05) is 46.8 Å². The molecule has 1 aliphatic heterocycles. The van der Waals surface area contributed by atoms with E-state index in [-0.39, 0.29) is 11.5 Å². The lowest BCUT2D eigenvalue weighted by atomic mass is 10.1. The highest BCUT2D eigenvalue weighted by Gasteiger charge is 2.16. The maximum absolute atomic E-state index is 11.9. The first-order chi connectivity index (χ1) is 13.1. The summed E-state index contributed by atoms with van der Waals surface area (Å²) < 4.78 is 5.36. The number of hydrogen-bond acceptors (Lipinski definition) is 6. The van der Waals surface area contributed by atoms with Gasteiger partial charge in [-0.15, -0.1) is 11.8 Å². The molecular weight excluding hydrogens is 378 g/mol. The van der Waals surface area contributed by atoms with Crippen LogP contribution in [0.3, 0.4) is 0 Å². The molecule has 1 atom stereocenters. The Labute approximate surface area is 169 Å². The molecule has 1 aromatic carbocycles. The number of hydrogen-bond donors (Lipinski definition) is 0. The van der Waals surface area contributed by atoms with E-state index in [0.717, 1.165) is 54.1 Å². The van der Waals surface area contributed by atoms with Crippen molar-refractivity contribution in [1.29, 1.82) is 0 Å². The van der Waals surface area contributed by atoms with Crippen LogP contribution < -0.4 is 10.5 Å². The highest BCUT2D eigenvalue weighted by molar-refractivity contribution is 8.13.